The van der Waals surface area contributed by atoms with Gasteiger partial charge in [0, 0.05) is 10.9 Å². The average Bonchev–Trinajstić information content (AvgIpc) is 3.33. The molecule has 3 N–H and O–H groups in total. The highest BCUT2D eigenvalue weighted by molar-refractivity contribution is 5.99. The molecule has 1 unspecified atom stereocenters. The molecular weight excluding hydrogens is 444 g/mol. The molecule has 0 saturated heterocycles. The third-order valence-corrected chi connectivity index (χ3v) is 4.73. The summed E-state index contributed by atoms with van der Waals surface area (Å²) < 4.78 is 4.94. The Bertz CT molecular complexity index is 1460. The van der Waals surface area contributed by atoms with Gasteiger partial charge in [-0.05, 0) is 24.3 Å². The minimum absolute atomic E-state index is 0.0319. The second-order valence-electron chi connectivity index (χ2n) is 6.92. The fraction of sp³-hybridized carbons (Fsp3) is 0.0455. The molecule has 4 aromatic rings. The van der Waals surface area contributed by atoms with Crippen LogP contribution in [0.1, 0.15) is 27.9 Å². The molecule has 12 nitrogen and oxygen atoms in total. The van der Waals surface area contributed by atoms with Crippen LogP contribution in [0.15, 0.2) is 81.0 Å². The van der Waals surface area contributed by atoms with Crippen molar-refractivity contribution in [1.29, 1.82) is 0 Å². The summed E-state index contributed by atoms with van der Waals surface area (Å²) in [6, 6.07) is 15.8. The molecule has 2 amide bonds. The summed E-state index contributed by atoms with van der Waals surface area (Å²) in [5.74, 6) is -1.77. The predicted molar refractivity (Wildman–Crippen MR) is 120 cm³/mol. The van der Waals surface area contributed by atoms with Crippen LogP contribution < -0.4 is 16.3 Å². The van der Waals surface area contributed by atoms with E-state index in [1.807, 2.05) is 0 Å². The van der Waals surface area contributed by atoms with Crippen molar-refractivity contribution in [2.75, 3.05) is 0 Å². The van der Waals surface area contributed by atoms with E-state index >= 15 is 0 Å². The van der Waals surface area contributed by atoms with Gasteiger partial charge < -0.3 is 9.73 Å². The van der Waals surface area contributed by atoms with Crippen molar-refractivity contribution in [1.82, 2.24) is 20.9 Å². The number of hydrazone groups is 1. The largest absolute Gasteiger partial charge is 0.433 e. The van der Waals surface area contributed by atoms with Gasteiger partial charge in [0.25, 0.3) is 17.4 Å². The molecule has 1 atom stereocenters. The van der Waals surface area contributed by atoms with Gasteiger partial charge in [0.1, 0.15) is 10.6 Å². The number of benzene rings is 2. The summed E-state index contributed by atoms with van der Waals surface area (Å²) in [6.45, 7) is 0. The van der Waals surface area contributed by atoms with Gasteiger partial charge in [-0.2, -0.15) is 10.2 Å². The Hall–Kier alpha value is -5.13. The molecule has 2 aromatic carbocycles. The van der Waals surface area contributed by atoms with Gasteiger partial charge in [0.2, 0.25) is 0 Å². The van der Waals surface area contributed by atoms with Crippen LogP contribution in [0.25, 0.3) is 10.8 Å². The van der Waals surface area contributed by atoms with Crippen molar-refractivity contribution in [2.24, 2.45) is 5.10 Å². The number of amides is 2. The van der Waals surface area contributed by atoms with Crippen molar-refractivity contribution < 1.29 is 18.9 Å². The van der Waals surface area contributed by atoms with Crippen LogP contribution in [0.5, 0.6) is 0 Å². The summed E-state index contributed by atoms with van der Waals surface area (Å²) in [4.78, 5) is 48.0. The first-order valence-electron chi connectivity index (χ1n) is 9.84. The minimum Gasteiger partial charge on any atom is -0.400 e. The fourth-order valence-corrected chi connectivity index (χ4v) is 3.15. The molecule has 0 aliphatic carbocycles. The van der Waals surface area contributed by atoms with Crippen molar-refractivity contribution in [3.8, 4) is 0 Å². The molecule has 0 spiro atoms. The lowest BCUT2D eigenvalue weighted by atomic mass is 10.0. The lowest BCUT2D eigenvalue weighted by Gasteiger charge is -2.18. The maximum Gasteiger partial charge on any atom is 0.433 e. The van der Waals surface area contributed by atoms with E-state index in [-0.39, 0.29) is 16.8 Å². The van der Waals surface area contributed by atoms with Crippen molar-refractivity contribution >= 4 is 34.7 Å². The summed E-state index contributed by atoms with van der Waals surface area (Å²) in [5, 5.41) is 24.1. The van der Waals surface area contributed by atoms with Gasteiger partial charge in [-0.1, -0.05) is 36.4 Å². The number of hydrogen-bond acceptors (Lipinski definition) is 8. The number of furan rings is 1. The lowest BCUT2D eigenvalue weighted by molar-refractivity contribution is -0.402. The van der Waals surface area contributed by atoms with Crippen LogP contribution in [0.2, 0.25) is 0 Å². The Morgan fingerprint density at radius 1 is 1.06 bits per heavy atom. The predicted octanol–water partition coefficient (Wildman–Crippen LogP) is 2.05. The third-order valence-electron chi connectivity index (χ3n) is 4.73. The van der Waals surface area contributed by atoms with E-state index in [1.165, 1.54) is 6.07 Å². The molecule has 4 rings (SSSR count). The molecule has 2 aromatic heterocycles. The second-order valence-corrected chi connectivity index (χ2v) is 6.92. The number of aromatic amines is 1. The smallest absolute Gasteiger partial charge is 0.400 e. The molecule has 0 saturated carbocycles. The first kappa shape index (κ1) is 22.1. The van der Waals surface area contributed by atoms with Gasteiger partial charge in [-0.15, -0.1) is 0 Å². The number of nitrogens with one attached hydrogen (secondary N) is 3. The maximum atomic E-state index is 13.0. The Morgan fingerprint density at radius 3 is 2.47 bits per heavy atom. The zero-order chi connectivity index (χ0) is 24.1. The Kier molecular flexibility index (Phi) is 6.21. The monoisotopic (exact) mass is 460 g/mol. The van der Waals surface area contributed by atoms with Gasteiger partial charge in [0.05, 0.1) is 17.7 Å². The highest BCUT2D eigenvalue weighted by Gasteiger charge is 2.27. The van der Waals surface area contributed by atoms with Crippen molar-refractivity contribution in [3.05, 3.63) is 104 Å². The molecule has 170 valence electrons. The zero-order valence-corrected chi connectivity index (χ0v) is 17.3. The molecule has 0 aliphatic rings. The first-order valence-corrected chi connectivity index (χ1v) is 9.84. The highest BCUT2D eigenvalue weighted by atomic mass is 16.6. The standard InChI is InChI=1S/C22H16N6O6/c29-20(13-6-2-1-3-7-13)24-19(18-15-8-4-5-9-16(15)21(30)27-25-18)22(31)26-23-12-14-10-11-17(34-14)28(32)33/h1-12,19H,(H,24,29)(H,26,31)(H,27,30)/b23-12+. The molecule has 0 radical (unpaired) electrons. The Morgan fingerprint density at radius 2 is 1.76 bits per heavy atom. The molecule has 2 heterocycles. The molecule has 0 fully saturated rings. The lowest BCUT2D eigenvalue weighted by Crippen LogP contribution is -2.40. The molecule has 34 heavy (non-hydrogen) atoms. The van der Waals surface area contributed by atoms with E-state index in [2.05, 4.69) is 26.0 Å². The Labute approximate surface area is 190 Å². The van der Waals surface area contributed by atoms with Gasteiger partial charge in [0.15, 0.2) is 11.8 Å². The SMILES string of the molecule is O=C(NC(C(=O)N/N=C/c1ccc([N+](=O)[O-])o1)c1n[nH]c(=O)c2ccccc12)c1ccccc1. The molecule has 12 heteroatoms. The van der Waals surface area contributed by atoms with E-state index in [0.717, 1.165) is 12.3 Å². The van der Waals surface area contributed by atoms with Crippen LogP contribution in [0.4, 0.5) is 5.88 Å². The topological polar surface area (TPSA) is 173 Å². The van der Waals surface area contributed by atoms with Crippen molar-refractivity contribution in [2.45, 2.75) is 6.04 Å². The number of rotatable bonds is 7. The van der Waals surface area contributed by atoms with E-state index in [1.54, 1.807) is 54.6 Å². The second kappa shape index (κ2) is 9.56. The fourth-order valence-electron chi connectivity index (χ4n) is 3.15. The summed E-state index contributed by atoms with van der Waals surface area (Å²) >= 11 is 0. The number of carbonyl (C=O) groups excluding carboxylic acids is 2. The zero-order valence-electron chi connectivity index (χ0n) is 17.3. The first-order chi connectivity index (χ1) is 16.4. The van der Waals surface area contributed by atoms with Gasteiger partial charge in [-0.25, -0.2) is 10.5 Å². The number of fused-ring (bicyclic) bond motifs is 1. The maximum absolute atomic E-state index is 13.0. The van der Waals surface area contributed by atoms with Gasteiger partial charge >= 0.3 is 5.88 Å². The molecular formula is C22H16N6O6. The highest BCUT2D eigenvalue weighted by Crippen LogP contribution is 2.20. The van der Waals surface area contributed by atoms with E-state index in [4.69, 9.17) is 4.42 Å². The number of nitrogens with zero attached hydrogens (tertiary/aromatic N) is 3. The van der Waals surface area contributed by atoms with Crippen LogP contribution in [0.3, 0.4) is 0 Å². The third kappa shape index (κ3) is 4.70. The van der Waals surface area contributed by atoms with E-state index in [0.29, 0.717) is 10.9 Å². The number of aromatic nitrogens is 2. The number of carbonyl (C=O) groups is 2. The Balaban J connectivity index is 1.65. The van der Waals surface area contributed by atoms with E-state index in [9.17, 15) is 24.5 Å². The van der Waals surface area contributed by atoms with Crippen LogP contribution >= 0.6 is 0 Å². The summed E-state index contributed by atoms with van der Waals surface area (Å²) in [7, 11) is 0. The molecule has 0 aliphatic heterocycles. The summed E-state index contributed by atoms with van der Waals surface area (Å²) in [6.07, 6.45) is 1.07. The number of nitro groups is 1. The number of H-pyrrole nitrogens is 1. The summed E-state index contributed by atoms with van der Waals surface area (Å²) in [5.41, 5.74) is 2.21. The number of hydrogen-bond donors (Lipinski definition) is 3. The normalized spacial score (nSPS) is 11.9. The van der Waals surface area contributed by atoms with E-state index < -0.39 is 34.2 Å². The minimum atomic E-state index is -1.34. The average molecular weight is 460 g/mol. The van der Waals surface area contributed by atoms with Crippen LogP contribution in [-0.4, -0.2) is 33.1 Å². The van der Waals surface area contributed by atoms with Crippen LogP contribution in [0, 0.1) is 10.1 Å². The van der Waals surface area contributed by atoms with Crippen LogP contribution in [-0.2, 0) is 4.79 Å². The molecule has 0 bridgehead atoms. The van der Waals surface area contributed by atoms with Crippen molar-refractivity contribution in [3.63, 3.8) is 0 Å². The van der Waals surface area contributed by atoms with Gasteiger partial charge in [-0.3, -0.25) is 24.5 Å². The quantitative estimate of drug-likeness (QED) is 0.215.